The molecular formula is C15H20N2O4S. The van der Waals surface area contributed by atoms with Crippen LogP contribution in [-0.2, 0) is 9.59 Å². The van der Waals surface area contributed by atoms with Crippen LogP contribution >= 0.6 is 11.8 Å². The second-order valence-electron chi connectivity index (χ2n) is 5.06. The zero-order valence-corrected chi connectivity index (χ0v) is 13.6. The summed E-state index contributed by atoms with van der Waals surface area (Å²) in [7, 11) is 1.43. The van der Waals surface area contributed by atoms with E-state index in [1.807, 2.05) is 13.8 Å². The number of amides is 2. The van der Waals surface area contributed by atoms with Gasteiger partial charge in [-0.25, -0.2) is 0 Å². The molecule has 0 unspecified atom stereocenters. The number of nitrogens with one attached hydrogen (secondary N) is 1. The molecule has 0 bridgehead atoms. The number of carbonyl (C=O) groups excluding carboxylic acids is 2. The van der Waals surface area contributed by atoms with E-state index in [9.17, 15) is 14.4 Å². The summed E-state index contributed by atoms with van der Waals surface area (Å²) in [6, 6.07) is 6.92. The molecule has 22 heavy (non-hydrogen) atoms. The lowest BCUT2D eigenvalue weighted by molar-refractivity contribution is -0.137. The van der Waals surface area contributed by atoms with Crippen LogP contribution in [0.5, 0.6) is 0 Å². The third kappa shape index (κ3) is 5.77. The van der Waals surface area contributed by atoms with Gasteiger partial charge in [0.05, 0.1) is 11.3 Å². The number of benzene rings is 1. The second-order valence-corrected chi connectivity index (χ2v) is 6.08. The van der Waals surface area contributed by atoms with Crippen molar-refractivity contribution in [2.24, 2.45) is 0 Å². The van der Waals surface area contributed by atoms with Crippen LogP contribution in [-0.4, -0.2) is 53.2 Å². The van der Waals surface area contributed by atoms with Gasteiger partial charge in [0.1, 0.15) is 6.54 Å². The smallest absolute Gasteiger partial charge is 0.323 e. The Kier molecular flexibility index (Phi) is 6.91. The lowest BCUT2D eigenvalue weighted by Gasteiger charge is -2.16. The lowest BCUT2D eigenvalue weighted by atomic mass is 10.2. The summed E-state index contributed by atoms with van der Waals surface area (Å²) in [4.78, 5) is 36.4. The molecule has 0 aliphatic carbocycles. The van der Waals surface area contributed by atoms with E-state index in [0.29, 0.717) is 10.5 Å². The van der Waals surface area contributed by atoms with Crippen LogP contribution in [0.2, 0.25) is 0 Å². The van der Waals surface area contributed by atoms with Gasteiger partial charge in [0.15, 0.2) is 0 Å². The summed E-state index contributed by atoms with van der Waals surface area (Å²) in [5.41, 5.74) is 0.397. The normalized spacial score (nSPS) is 10.4. The number of carbonyl (C=O) groups is 3. The van der Waals surface area contributed by atoms with Crippen LogP contribution in [0.4, 0.5) is 0 Å². The molecule has 0 aliphatic heterocycles. The Labute approximate surface area is 133 Å². The fourth-order valence-electron chi connectivity index (χ4n) is 1.76. The number of hydrogen-bond donors (Lipinski definition) is 2. The molecule has 2 N–H and O–H groups in total. The highest BCUT2D eigenvalue weighted by atomic mass is 32.2. The molecule has 0 fully saturated rings. The van der Waals surface area contributed by atoms with Crippen LogP contribution in [0.3, 0.4) is 0 Å². The number of likely N-dealkylation sites (N-methyl/N-ethyl adjacent to an activating group) is 1. The highest BCUT2D eigenvalue weighted by Crippen LogP contribution is 2.23. The van der Waals surface area contributed by atoms with Crippen molar-refractivity contribution < 1.29 is 19.5 Å². The Morgan fingerprint density at radius 1 is 1.27 bits per heavy atom. The minimum absolute atomic E-state index is 0.0617. The van der Waals surface area contributed by atoms with E-state index in [1.165, 1.54) is 18.8 Å². The molecule has 0 radical (unpaired) electrons. The first-order valence-corrected chi connectivity index (χ1v) is 7.78. The van der Waals surface area contributed by atoms with Gasteiger partial charge in [-0.15, -0.1) is 11.8 Å². The first-order valence-electron chi connectivity index (χ1n) is 6.79. The Morgan fingerprint density at radius 2 is 1.91 bits per heavy atom. The third-order valence-electron chi connectivity index (χ3n) is 2.65. The maximum Gasteiger partial charge on any atom is 0.323 e. The molecule has 120 valence electrons. The fourth-order valence-corrected chi connectivity index (χ4v) is 2.61. The van der Waals surface area contributed by atoms with Crippen molar-refractivity contribution in [1.29, 1.82) is 0 Å². The maximum absolute atomic E-state index is 12.3. The molecule has 1 aromatic carbocycles. The second kappa shape index (κ2) is 8.43. The molecule has 1 aromatic rings. The Hall–Kier alpha value is -2.02. The topological polar surface area (TPSA) is 86.7 Å². The van der Waals surface area contributed by atoms with Gasteiger partial charge in [0.25, 0.3) is 5.91 Å². The highest BCUT2D eigenvalue weighted by Gasteiger charge is 2.18. The molecular weight excluding hydrogens is 304 g/mol. The van der Waals surface area contributed by atoms with E-state index in [0.717, 1.165) is 4.90 Å². The van der Waals surface area contributed by atoms with E-state index in [1.54, 1.807) is 24.3 Å². The summed E-state index contributed by atoms with van der Waals surface area (Å²) in [5.74, 6) is -1.36. The average Bonchev–Trinajstić information content (AvgIpc) is 2.43. The molecule has 0 saturated carbocycles. The van der Waals surface area contributed by atoms with Crippen molar-refractivity contribution in [2.75, 3.05) is 19.3 Å². The van der Waals surface area contributed by atoms with Crippen LogP contribution in [0.15, 0.2) is 29.2 Å². The van der Waals surface area contributed by atoms with E-state index in [4.69, 9.17) is 5.11 Å². The number of rotatable bonds is 7. The summed E-state index contributed by atoms with van der Waals surface area (Å²) in [6.07, 6.45) is 0. The maximum atomic E-state index is 12.3. The molecule has 2 amide bonds. The van der Waals surface area contributed by atoms with E-state index >= 15 is 0 Å². The van der Waals surface area contributed by atoms with Crippen molar-refractivity contribution in [3.8, 4) is 0 Å². The van der Waals surface area contributed by atoms with Crippen molar-refractivity contribution in [3.63, 3.8) is 0 Å². The van der Waals surface area contributed by atoms with E-state index in [2.05, 4.69) is 5.32 Å². The Morgan fingerprint density at radius 3 is 2.50 bits per heavy atom. The number of nitrogens with zero attached hydrogens (tertiary/aromatic N) is 1. The number of thioether (sulfide) groups is 1. The minimum atomic E-state index is -1.07. The van der Waals surface area contributed by atoms with Gasteiger partial charge < -0.3 is 15.3 Å². The zero-order valence-electron chi connectivity index (χ0n) is 12.8. The number of carboxylic acid groups (broad SMARTS) is 1. The van der Waals surface area contributed by atoms with Gasteiger partial charge >= 0.3 is 5.97 Å². The molecule has 0 saturated heterocycles. The van der Waals surface area contributed by atoms with Gasteiger partial charge in [0.2, 0.25) is 5.91 Å². The van der Waals surface area contributed by atoms with Crippen molar-refractivity contribution in [2.45, 2.75) is 24.8 Å². The molecule has 6 nitrogen and oxygen atoms in total. The quantitative estimate of drug-likeness (QED) is 0.742. The van der Waals surface area contributed by atoms with Crippen LogP contribution in [0, 0.1) is 0 Å². The molecule has 0 aromatic heterocycles. The molecule has 7 heteroatoms. The molecule has 0 spiro atoms. The first-order chi connectivity index (χ1) is 10.3. The van der Waals surface area contributed by atoms with E-state index in [-0.39, 0.29) is 30.2 Å². The summed E-state index contributed by atoms with van der Waals surface area (Å²) in [5, 5.41) is 11.5. The third-order valence-corrected chi connectivity index (χ3v) is 3.72. The average molecular weight is 324 g/mol. The number of hydrogen-bond acceptors (Lipinski definition) is 4. The number of aliphatic carboxylic acids is 1. The van der Waals surface area contributed by atoms with Gasteiger partial charge in [-0.3, -0.25) is 14.4 Å². The summed E-state index contributed by atoms with van der Waals surface area (Å²) < 4.78 is 0. The van der Waals surface area contributed by atoms with Crippen molar-refractivity contribution in [1.82, 2.24) is 10.2 Å². The molecule has 0 atom stereocenters. The van der Waals surface area contributed by atoms with Crippen molar-refractivity contribution >= 4 is 29.5 Å². The zero-order chi connectivity index (χ0) is 16.7. The predicted molar refractivity (Wildman–Crippen MR) is 85.0 cm³/mol. The minimum Gasteiger partial charge on any atom is -0.480 e. The first kappa shape index (κ1) is 18.0. The lowest BCUT2D eigenvalue weighted by Crippen LogP contribution is -2.32. The summed E-state index contributed by atoms with van der Waals surface area (Å²) >= 11 is 1.25. The molecule has 0 heterocycles. The molecule has 0 aliphatic rings. The Balaban J connectivity index is 2.79. The fraction of sp³-hybridized carbons (Fsp3) is 0.400. The van der Waals surface area contributed by atoms with Gasteiger partial charge in [-0.2, -0.15) is 0 Å². The SMILES string of the molecule is CC(C)NC(=O)CSc1ccccc1C(=O)N(C)CC(=O)O. The Bertz CT molecular complexity index is 560. The summed E-state index contributed by atoms with van der Waals surface area (Å²) in [6.45, 7) is 3.38. The van der Waals surface area contributed by atoms with Gasteiger partial charge in [0, 0.05) is 18.0 Å². The number of carboxylic acids is 1. The predicted octanol–water partition coefficient (Wildman–Crippen LogP) is 1.46. The van der Waals surface area contributed by atoms with Crippen LogP contribution < -0.4 is 5.32 Å². The monoisotopic (exact) mass is 324 g/mol. The van der Waals surface area contributed by atoms with Crippen molar-refractivity contribution in [3.05, 3.63) is 29.8 Å². The van der Waals surface area contributed by atoms with Crippen LogP contribution in [0.25, 0.3) is 0 Å². The van der Waals surface area contributed by atoms with Gasteiger partial charge in [-0.05, 0) is 26.0 Å². The molecule has 1 rings (SSSR count). The standard InChI is InChI=1S/C15H20N2O4S/c1-10(2)16-13(18)9-22-12-7-5-4-6-11(12)15(21)17(3)8-14(19)20/h4-7,10H,8-9H2,1-3H3,(H,16,18)(H,19,20). The van der Waals surface area contributed by atoms with Crippen LogP contribution in [0.1, 0.15) is 24.2 Å². The van der Waals surface area contributed by atoms with Gasteiger partial charge in [-0.1, -0.05) is 12.1 Å². The van der Waals surface area contributed by atoms with E-state index < -0.39 is 5.97 Å². The largest absolute Gasteiger partial charge is 0.480 e. The highest BCUT2D eigenvalue weighted by molar-refractivity contribution is 8.00.